The van der Waals surface area contributed by atoms with Gasteiger partial charge in [0.1, 0.15) is 0 Å². The van der Waals surface area contributed by atoms with Crippen LogP contribution in [0.2, 0.25) is 5.02 Å². The summed E-state index contributed by atoms with van der Waals surface area (Å²) < 4.78 is 1.67. The highest BCUT2D eigenvalue weighted by molar-refractivity contribution is 7.71. The zero-order valence-corrected chi connectivity index (χ0v) is 13.7. The molecule has 120 valence electrons. The molecule has 1 N–H and O–H groups in total. The molecule has 0 saturated carbocycles. The minimum absolute atomic E-state index is 0.0377. The molecule has 0 fully saturated rings. The molecule has 0 aliphatic rings. The molecule has 24 heavy (non-hydrogen) atoms. The van der Waals surface area contributed by atoms with Gasteiger partial charge in [-0.2, -0.15) is 14.9 Å². The SMILES string of the molecule is O=[N+]([O-])c1ccccc1C=Nn1c(-c2ccc(Cl)cc2)n[nH]c1=S. The lowest BCUT2D eigenvalue weighted by Gasteiger charge is -2.01. The van der Waals surface area contributed by atoms with Crippen molar-refractivity contribution >= 4 is 35.7 Å². The minimum Gasteiger partial charge on any atom is -0.258 e. The van der Waals surface area contributed by atoms with Crippen molar-refractivity contribution in [1.82, 2.24) is 14.9 Å². The van der Waals surface area contributed by atoms with Crippen molar-refractivity contribution in [1.29, 1.82) is 0 Å². The van der Waals surface area contributed by atoms with Crippen LogP contribution in [0, 0.1) is 14.9 Å². The van der Waals surface area contributed by atoms with Gasteiger partial charge in [-0.25, -0.2) is 5.10 Å². The number of nitro groups is 1. The molecule has 0 spiro atoms. The van der Waals surface area contributed by atoms with E-state index in [1.165, 1.54) is 17.0 Å². The number of aromatic amines is 1. The Balaban J connectivity index is 2.03. The molecule has 0 amide bonds. The van der Waals surface area contributed by atoms with E-state index in [9.17, 15) is 10.1 Å². The number of aromatic nitrogens is 3. The molecule has 3 rings (SSSR count). The predicted octanol–water partition coefficient (Wildman–Crippen LogP) is 4.05. The summed E-state index contributed by atoms with van der Waals surface area (Å²) in [6.07, 6.45) is 1.38. The molecule has 9 heteroatoms. The quantitative estimate of drug-likeness (QED) is 0.329. The maximum Gasteiger partial charge on any atom is 0.278 e. The molecule has 0 radical (unpaired) electrons. The number of para-hydroxylation sites is 1. The van der Waals surface area contributed by atoms with Crippen LogP contribution in [0.5, 0.6) is 0 Å². The number of nitro benzene ring substituents is 1. The van der Waals surface area contributed by atoms with Gasteiger partial charge in [0, 0.05) is 16.7 Å². The summed E-state index contributed by atoms with van der Waals surface area (Å²) >= 11 is 11.1. The summed E-state index contributed by atoms with van der Waals surface area (Å²) in [5, 5.41) is 22.7. The zero-order chi connectivity index (χ0) is 17.1. The lowest BCUT2D eigenvalue weighted by molar-refractivity contribution is -0.385. The molecule has 2 aromatic carbocycles. The van der Waals surface area contributed by atoms with Gasteiger partial charge in [-0.3, -0.25) is 10.1 Å². The van der Waals surface area contributed by atoms with Crippen LogP contribution in [0.4, 0.5) is 5.69 Å². The number of rotatable bonds is 4. The normalized spacial score (nSPS) is 11.0. The molecule has 3 aromatic rings. The number of nitrogens with one attached hydrogen (secondary N) is 1. The standard InChI is InChI=1S/C15H10ClN5O2S/c16-12-7-5-10(6-8-12)14-18-19-15(24)20(14)17-9-11-3-1-2-4-13(11)21(22)23/h1-9H,(H,19,24). The molecule has 0 saturated heterocycles. The van der Waals surface area contributed by atoms with Gasteiger partial charge in [0.2, 0.25) is 4.77 Å². The Morgan fingerprint density at radius 2 is 1.96 bits per heavy atom. The van der Waals surface area contributed by atoms with E-state index < -0.39 is 4.92 Å². The molecule has 0 unspecified atom stereocenters. The van der Waals surface area contributed by atoms with Crippen LogP contribution in [-0.2, 0) is 0 Å². The number of halogens is 1. The second-order valence-electron chi connectivity index (χ2n) is 4.73. The number of nitrogens with zero attached hydrogens (tertiary/aromatic N) is 4. The van der Waals surface area contributed by atoms with Crippen molar-refractivity contribution in [3.63, 3.8) is 0 Å². The van der Waals surface area contributed by atoms with Crippen molar-refractivity contribution < 1.29 is 4.92 Å². The van der Waals surface area contributed by atoms with Gasteiger partial charge in [-0.1, -0.05) is 23.7 Å². The van der Waals surface area contributed by atoms with E-state index in [1.807, 2.05) is 0 Å². The highest BCUT2D eigenvalue weighted by Gasteiger charge is 2.11. The predicted molar refractivity (Wildman–Crippen MR) is 93.9 cm³/mol. The molecular weight excluding hydrogens is 350 g/mol. The molecular formula is C15H10ClN5O2S. The first kappa shape index (κ1) is 16.0. The van der Waals surface area contributed by atoms with Crippen molar-refractivity contribution in [2.24, 2.45) is 5.10 Å². The van der Waals surface area contributed by atoms with E-state index in [0.717, 1.165) is 5.56 Å². The lowest BCUT2D eigenvalue weighted by atomic mass is 10.2. The Bertz CT molecular complexity index is 978. The highest BCUT2D eigenvalue weighted by atomic mass is 35.5. The molecule has 0 aliphatic carbocycles. The van der Waals surface area contributed by atoms with Gasteiger partial charge in [-0.15, -0.1) is 0 Å². The largest absolute Gasteiger partial charge is 0.278 e. The van der Waals surface area contributed by atoms with Crippen LogP contribution in [-0.4, -0.2) is 26.0 Å². The van der Waals surface area contributed by atoms with Gasteiger partial charge in [0.05, 0.1) is 16.7 Å². The van der Waals surface area contributed by atoms with Crippen LogP contribution >= 0.6 is 23.8 Å². The summed E-state index contributed by atoms with van der Waals surface area (Å²) in [6, 6.07) is 13.3. The first-order chi connectivity index (χ1) is 11.6. The van der Waals surface area contributed by atoms with Gasteiger partial charge in [0.15, 0.2) is 5.82 Å². The van der Waals surface area contributed by atoms with E-state index in [-0.39, 0.29) is 10.5 Å². The zero-order valence-electron chi connectivity index (χ0n) is 12.1. The maximum atomic E-state index is 11.1. The molecule has 0 aliphatic heterocycles. The van der Waals surface area contributed by atoms with E-state index >= 15 is 0 Å². The molecule has 7 nitrogen and oxygen atoms in total. The smallest absolute Gasteiger partial charge is 0.258 e. The molecule has 0 atom stereocenters. The van der Waals surface area contributed by atoms with Crippen LogP contribution in [0.25, 0.3) is 11.4 Å². The summed E-state index contributed by atoms with van der Waals surface area (Å²) in [5.74, 6) is 0.478. The van der Waals surface area contributed by atoms with Crippen molar-refractivity contribution in [3.05, 3.63) is 74.0 Å². The van der Waals surface area contributed by atoms with Gasteiger partial charge in [-0.05, 0) is 42.5 Å². The first-order valence-electron chi connectivity index (χ1n) is 6.77. The fourth-order valence-electron chi connectivity index (χ4n) is 2.07. The van der Waals surface area contributed by atoms with Crippen molar-refractivity contribution in [3.8, 4) is 11.4 Å². The Labute approximate surface area is 146 Å². The fourth-order valence-corrected chi connectivity index (χ4v) is 2.37. The van der Waals surface area contributed by atoms with Crippen molar-refractivity contribution in [2.45, 2.75) is 0 Å². The van der Waals surface area contributed by atoms with E-state index in [1.54, 1.807) is 42.5 Å². The van der Waals surface area contributed by atoms with Crippen LogP contribution in [0.1, 0.15) is 5.56 Å². The van der Waals surface area contributed by atoms with Gasteiger partial charge in [0.25, 0.3) is 5.69 Å². The third kappa shape index (κ3) is 3.24. The highest BCUT2D eigenvalue weighted by Crippen LogP contribution is 2.20. The number of benzene rings is 2. The summed E-state index contributed by atoms with van der Waals surface area (Å²) in [6.45, 7) is 0. The molecule has 1 heterocycles. The first-order valence-corrected chi connectivity index (χ1v) is 7.56. The average molecular weight is 360 g/mol. The topological polar surface area (TPSA) is 89.1 Å². The van der Waals surface area contributed by atoms with E-state index in [0.29, 0.717) is 16.4 Å². The Kier molecular flexibility index (Phi) is 4.50. The molecule has 1 aromatic heterocycles. The third-order valence-corrected chi connectivity index (χ3v) is 3.71. The molecule has 0 bridgehead atoms. The Morgan fingerprint density at radius 1 is 1.25 bits per heavy atom. The maximum absolute atomic E-state index is 11.1. The fraction of sp³-hybridized carbons (Fsp3) is 0. The number of hydrogen-bond donors (Lipinski definition) is 1. The van der Waals surface area contributed by atoms with E-state index in [4.69, 9.17) is 23.8 Å². The van der Waals surface area contributed by atoms with Crippen LogP contribution in [0.15, 0.2) is 53.6 Å². The van der Waals surface area contributed by atoms with Crippen LogP contribution < -0.4 is 0 Å². The Morgan fingerprint density at radius 3 is 2.67 bits per heavy atom. The number of hydrogen-bond acceptors (Lipinski definition) is 5. The van der Waals surface area contributed by atoms with Crippen molar-refractivity contribution in [2.75, 3.05) is 0 Å². The number of H-pyrrole nitrogens is 1. The van der Waals surface area contributed by atoms with Gasteiger partial charge >= 0.3 is 0 Å². The second kappa shape index (κ2) is 6.73. The minimum atomic E-state index is -0.462. The summed E-state index contributed by atoms with van der Waals surface area (Å²) in [5.41, 5.74) is 1.09. The van der Waals surface area contributed by atoms with E-state index in [2.05, 4.69) is 15.3 Å². The summed E-state index contributed by atoms with van der Waals surface area (Å²) in [7, 11) is 0. The van der Waals surface area contributed by atoms with Crippen LogP contribution in [0.3, 0.4) is 0 Å². The lowest BCUT2D eigenvalue weighted by Crippen LogP contribution is -1.98. The Hall–Kier alpha value is -2.84. The average Bonchev–Trinajstić information content (AvgIpc) is 2.94. The summed E-state index contributed by atoms with van der Waals surface area (Å²) in [4.78, 5) is 10.6. The third-order valence-electron chi connectivity index (χ3n) is 3.20. The monoisotopic (exact) mass is 359 g/mol. The van der Waals surface area contributed by atoms with Gasteiger partial charge < -0.3 is 0 Å². The second-order valence-corrected chi connectivity index (χ2v) is 5.55.